The molecule has 21 heavy (non-hydrogen) atoms. The number of urea groups is 1. The summed E-state index contributed by atoms with van der Waals surface area (Å²) in [6, 6.07) is -0.153. The molecule has 2 amide bonds. The Balaban J connectivity index is 1.43. The molecule has 1 saturated heterocycles. The van der Waals surface area contributed by atoms with Gasteiger partial charge in [-0.2, -0.15) is 0 Å². The fourth-order valence-electron chi connectivity index (χ4n) is 2.08. The van der Waals surface area contributed by atoms with E-state index in [1.807, 2.05) is 6.92 Å². The molecule has 6 nitrogen and oxygen atoms in total. The number of nitrogens with zero attached hydrogens (tertiary/aromatic N) is 1. The van der Waals surface area contributed by atoms with Crippen molar-refractivity contribution in [1.29, 1.82) is 0 Å². The first-order valence-electron chi connectivity index (χ1n) is 7.36. The van der Waals surface area contributed by atoms with E-state index in [1.54, 1.807) is 17.5 Å². The molecule has 0 spiro atoms. The van der Waals surface area contributed by atoms with Crippen molar-refractivity contribution in [1.82, 2.24) is 15.6 Å². The number of hydrogen-bond donors (Lipinski definition) is 2. The van der Waals surface area contributed by atoms with E-state index < -0.39 is 0 Å². The molecule has 0 radical (unpaired) electrons. The molecule has 1 aliphatic rings. The lowest BCUT2D eigenvalue weighted by atomic mass is 10.2. The molecule has 0 bridgehead atoms. The van der Waals surface area contributed by atoms with Gasteiger partial charge in [-0.25, -0.2) is 9.78 Å². The minimum absolute atomic E-state index is 0.153. The maximum absolute atomic E-state index is 11.6. The Morgan fingerprint density at radius 1 is 1.57 bits per heavy atom. The normalized spacial score (nSPS) is 17.9. The summed E-state index contributed by atoms with van der Waals surface area (Å²) >= 11 is 1.59. The van der Waals surface area contributed by atoms with Crippen molar-refractivity contribution in [2.24, 2.45) is 0 Å². The van der Waals surface area contributed by atoms with E-state index in [-0.39, 0.29) is 12.1 Å². The van der Waals surface area contributed by atoms with Crippen molar-refractivity contribution >= 4 is 17.4 Å². The number of aromatic nitrogens is 1. The molecule has 1 aromatic rings. The molecule has 1 atom stereocenters. The van der Waals surface area contributed by atoms with E-state index in [0.717, 1.165) is 35.8 Å². The Morgan fingerprint density at radius 3 is 3.19 bits per heavy atom. The summed E-state index contributed by atoms with van der Waals surface area (Å²) in [7, 11) is 0. The zero-order valence-electron chi connectivity index (χ0n) is 12.4. The highest BCUT2D eigenvalue weighted by Crippen LogP contribution is 2.12. The lowest BCUT2D eigenvalue weighted by Gasteiger charge is -2.10. The second-order valence-corrected chi connectivity index (χ2v) is 6.34. The Kier molecular flexibility index (Phi) is 6.91. The van der Waals surface area contributed by atoms with E-state index in [1.165, 1.54) is 0 Å². The number of carbonyl (C=O) groups excluding carboxylic acids is 1. The van der Waals surface area contributed by atoms with Crippen LogP contribution in [0.4, 0.5) is 4.79 Å². The summed E-state index contributed by atoms with van der Waals surface area (Å²) in [5, 5.41) is 6.63. The van der Waals surface area contributed by atoms with Gasteiger partial charge in [0.25, 0.3) is 0 Å². The molecule has 1 fully saturated rings. The Bertz CT molecular complexity index is 433. The second kappa shape index (κ2) is 8.96. The van der Waals surface area contributed by atoms with Crippen molar-refractivity contribution in [3.8, 4) is 0 Å². The first-order valence-corrected chi connectivity index (χ1v) is 8.18. The third-order valence-corrected chi connectivity index (χ3v) is 4.08. The van der Waals surface area contributed by atoms with Gasteiger partial charge in [0, 0.05) is 30.8 Å². The topological polar surface area (TPSA) is 72.5 Å². The molecule has 0 aromatic carbocycles. The van der Waals surface area contributed by atoms with Crippen LogP contribution in [0.5, 0.6) is 0 Å². The number of rotatable bonds is 8. The molecule has 1 unspecified atom stereocenters. The van der Waals surface area contributed by atoms with Gasteiger partial charge in [0.1, 0.15) is 0 Å². The minimum atomic E-state index is -0.153. The predicted octanol–water partition coefficient (Wildman–Crippen LogP) is 1.84. The Hall–Kier alpha value is -1.18. The number of thiazole rings is 1. The van der Waals surface area contributed by atoms with Crippen LogP contribution in [-0.2, 0) is 16.0 Å². The SMILES string of the molecule is Cc1ncc(CNC(=O)NCCCOCC2CCCO2)s1. The lowest BCUT2D eigenvalue weighted by Crippen LogP contribution is -2.35. The van der Waals surface area contributed by atoms with Gasteiger partial charge in [0.2, 0.25) is 0 Å². The molecule has 7 heteroatoms. The summed E-state index contributed by atoms with van der Waals surface area (Å²) in [6.07, 6.45) is 5.09. The molecule has 1 aromatic heterocycles. The average Bonchev–Trinajstić information content (AvgIpc) is 3.12. The number of ether oxygens (including phenoxy) is 2. The van der Waals surface area contributed by atoms with Crippen LogP contribution in [0.15, 0.2) is 6.20 Å². The van der Waals surface area contributed by atoms with Gasteiger partial charge in [-0.15, -0.1) is 11.3 Å². The van der Waals surface area contributed by atoms with Crippen molar-refractivity contribution in [3.05, 3.63) is 16.1 Å². The fraction of sp³-hybridized carbons (Fsp3) is 0.714. The molecule has 1 aliphatic heterocycles. The molecule has 2 N–H and O–H groups in total. The first kappa shape index (κ1) is 16.2. The van der Waals surface area contributed by atoms with E-state index >= 15 is 0 Å². The van der Waals surface area contributed by atoms with Crippen molar-refractivity contribution in [2.45, 2.75) is 38.8 Å². The average molecular weight is 313 g/mol. The van der Waals surface area contributed by atoms with Gasteiger partial charge in [0.05, 0.1) is 24.3 Å². The van der Waals surface area contributed by atoms with E-state index in [4.69, 9.17) is 9.47 Å². The highest BCUT2D eigenvalue weighted by atomic mass is 32.1. The van der Waals surface area contributed by atoms with Crippen molar-refractivity contribution in [2.75, 3.05) is 26.4 Å². The molecular formula is C14H23N3O3S. The third kappa shape index (κ3) is 6.41. The smallest absolute Gasteiger partial charge is 0.315 e. The highest BCUT2D eigenvalue weighted by molar-refractivity contribution is 7.11. The van der Waals surface area contributed by atoms with E-state index in [9.17, 15) is 4.79 Å². The summed E-state index contributed by atoms with van der Waals surface area (Å²) in [5.41, 5.74) is 0. The Morgan fingerprint density at radius 2 is 2.48 bits per heavy atom. The largest absolute Gasteiger partial charge is 0.379 e. The van der Waals surface area contributed by atoms with E-state index in [0.29, 0.717) is 26.3 Å². The van der Waals surface area contributed by atoms with Crippen LogP contribution in [0.1, 0.15) is 29.1 Å². The number of amides is 2. The minimum Gasteiger partial charge on any atom is -0.379 e. The van der Waals surface area contributed by atoms with Crippen molar-refractivity contribution < 1.29 is 14.3 Å². The second-order valence-electron chi connectivity index (χ2n) is 5.02. The number of aryl methyl sites for hydroxylation is 1. The molecule has 2 heterocycles. The molecule has 0 aliphatic carbocycles. The summed E-state index contributed by atoms with van der Waals surface area (Å²) < 4.78 is 11.0. The zero-order chi connectivity index (χ0) is 14.9. The van der Waals surface area contributed by atoms with Crippen LogP contribution in [0.2, 0.25) is 0 Å². The predicted molar refractivity (Wildman–Crippen MR) is 81.5 cm³/mol. The van der Waals surface area contributed by atoms with Crippen LogP contribution in [0, 0.1) is 6.92 Å². The molecule has 2 rings (SSSR count). The summed E-state index contributed by atoms with van der Waals surface area (Å²) in [6.45, 7) is 5.25. The van der Waals surface area contributed by atoms with Gasteiger partial charge >= 0.3 is 6.03 Å². The van der Waals surface area contributed by atoms with Gasteiger partial charge in [-0.05, 0) is 26.2 Å². The van der Waals surface area contributed by atoms with Gasteiger partial charge in [0.15, 0.2) is 0 Å². The molecular weight excluding hydrogens is 290 g/mol. The van der Waals surface area contributed by atoms with Crippen LogP contribution in [-0.4, -0.2) is 43.5 Å². The summed E-state index contributed by atoms with van der Waals surface area (Å²) in [4.78, 5) is 16.8. The number of nitrogens with one attached hydrogen (secondary N) is 2. The number of hydrogen-bond acceptors (Lipinski definition) is 5. The molecule has 0 saturated carbocycles. The molecule has 118 valence electrons. The van der Waals surface area contributed by atoms with Gasteiger partial charge in [-0.1, -0.05) is 0 Å². The van der Waals surface area contributed by atoms with Crippen LogP contribution in [0.25, 0.3) is 0 Å². The monoisotopic (exact) mass is 313 g/mol. The maximum atomic E-state index is 11.6. The lowest BCUT2D eigenvalue weighted by molar-refractivity contribution is 0.0168. The third-order valence-electron chi connectivity index (χ3n) is 3.17. The maximum Gasteiger partial charge on any atom is 0.315 e. The van der Waals surface area contributed by atoms with E-state index in [2.05, 4.69) is 15.6 Å². The Labute approximate surface area is 129 Å². The highest BCUT2D eigenvalue weighted by Gasteiger charge is 2.14. The quantitative estimate of drug-likeness (QED) is 0.718. The van der Waals surface area contributed by atoms with Gasteiger partial charge in [-0.3, -0.25) is 0 Å². The van der Waals surface area contributed by atoms with Crippen LogP contribution >= 0.6 is 11.3 Å². The standard InChI is InChI=1S/C14H23N3O3S/c1-11-16-8-13(21-11)9-17-14(18)15-5-3-6-19-10-12-4-2-7-20-12/h8,12H,2-7,9-10H2,1H3,(H2,15,17,18). The van der Waals surface area contributed by atoms with Crippen molar-refractivity contribution in [3.63, 3.8) is 0 Å². The van der Waals surface area contributed by atoms with Crippen LogP contribution < -0.4 is 10.6 Å². The van der Waals surface area contributed by atoms with Crippen LogP contribution in [0.3, 0.4) is 0 Å². The first-order chi connectivity index (χ1) is 10.2. The zero-order valence-corrected chi connectivity index (χ0v) is 13.2. The number of carbonyl (C=O) groups is 1. The van der Waals surface area contributed by atoms with Gasteiger partial charge < -0.3 is 20.1 Å². The summed E-state index contributed by atoms with van der Waals surface area (Å²) in [5.74, 6) is 0. The fourth-order valence-corrected chi connectivity index (χ4v) is 2.82.